The Labute approximate surface area is 118 Å². The van der Waals surface area contributed by atoms with Gasteiger partial charge in [-0.25, -0.2) is 0 Å². The zero-order chi connectivity index (χ0) is 13.8. The molecule has 1 atom stereocenters. The third-order valence-electron chi connectivity index (χ3n) is 2.58. The summed E-state index contributed by atoms with van der Waals surface area (Å²) in [5.41, 5.74) is 0.297. The zero-order valence-corrected chi connectivity index (χ0v) is 11.4. The van der Waals surface area contributed by atoms with Crippen molar-refractivity contribution in [2.75, 3.05) is 6.61 Å². The summed E-state index contributed by atoms with van der Waals surface area (Å²) in [7, 11) is 0. The van der Waals surface area contributed by atoms with Crippen LogP contribution in [0.3, 0.4) is 0 Å². The molecule has 100 valence electrons. The van der Waals surface area contributed by atoms with E-state index in [1.54, 1.807) is 24.3 Å². The monoisotopic (exact) mass is 325 g/mol. The van der Waals surface area contributed by atoms with Crippen molar-refractivity contribution in [2.24, 2.45) is 0 Å². The Bertz CT molecular complexity index is 568. The van der Waals surface area contributed by atoms with Crippen LogP contribution in [0.15, 0.2) is 45.5 Å². The summed E-state index contributed by atoms with van der Waals surface area (Å²) >= 11 is 3.14. The predicted molar refractivity (Wildman–Crippen MR) is 71.8 cm³/mol. The zero-order valence-electron chi connectivity index (χ0n) is 9.84. The molecule has 5 nitrogen and oxygen atoms in total. The number of aliphatic hydroxyl groups is 1. The molecule has 1 unspecified atom stereocenters. The number of phenols is 1. The van der Waals surface area contributed by atoms with Gasteiger partial charge in [0.05, 0.1) is 17.3 Å². The minimum atomic E-state index is -0.617. The Morgan fingerprint density at radius 3 is 2.79 bits per heavy atom. The maximum absolute atomic E-state index is 12.0. The van der Waals surface area contributed by atoms with E-state index in [4.69, 9.17) is 4.42 Å². The number of benzene rings is 1. The molecule has 1 aromatic carbocycles. The summed E-state index contributed by atoms with van der Waals surface area (Å²) < 4.78 is 5.64. The molecule has 0 aliphatic carbocycles. The molecule has 0 bridgehead atoms. The van der Waals surface area contributed by atoms with Gasteiger partial charge >= 0.3 is 0 Å². The van der Waals surface area contributed by atoms with E-state index in [1.165, 1.54) is 12.3 Å². The summed E-state index contributed by atoms with van der Waals surface area (Å²) in [6.45, 7) is -0.276. The highest BCUT2D eigenvalue weighted by Gasteiger charge is 2.17. The second kappa shape index (κ2) is 5.90. The Kier molecular flexibility index (Phi) is 4.24. The first kappa shape index (κ1) is 13.6. The topological polar surface area (TPSA) is 82.7 Å². The fourth-order valence-corrected chi connectivity index (χ4v) is 1.84. The van der Waals surface area contributed by atoms with Crippen LogP contribution in [-0.4, -0.2) is 22.7 Å². The molecule has 0 aliphatic rings. The fraction of sp³-hybridized carbons (Fsp3) is 0.154. The number of aromatic hydroxyl groups is 1. The van der Waals surface area contributed by atoms with Crippen molar-refractivity contribution in [3.63, 3.8) is 0 Å². The molecule has 0 saturated carbocycles. The van der Waals surface area contributed by atoms with E-state index in [0.717, 1.165) is 0 Å². The lowest BCUT2D eigenvalue weighted by Crippen LogP contribution is -2.30. The van der Waals surface area contributed by atoms with Gasteiger partial charge in [-0.15, -0.1) is 0 Å². The predicted octanol–water partition coefficient (Wildman–Crippen LogP) is 2.21. The first-order valence-electron chi connectivity index (χ1n) is 5.55. The highest BCUT2D eigenvalue weighted by Crippen LogP contribution is 2.24. The summed E-state index contributed by atoms with van der Waals surface area (Å²) in [6.07, 6.45) is 1.47. The van der Waals surface area contributed by atoms with Gasteiger partial charge in [0.25, 0.3) is 5.91 Å². The minimum Gasteiger partial charge on any atom is -0.507 e. The van der Waals surface area contributed by atoms with Crippen molar-refractivity contribution in [1.29, 1.82) is 0 Å². The van der Waals surface area contributed by atoms with Crippen LogP contribution in [0.5, 0.6) is 5.75 Å². The molecular weight excluding hydrogens is 314 g/mol. The number of nitrogens with one attached hydrogen (secondary N) is 1. The van der Waals surface area contributed by atoms with Gasteiger partial charge in [-0.1, -0.05) is 0 Å². The molecule has 2 rings (SSSR count). The Morgan fingerprint density at radius 1 is 1.42 bits per heavy atom. The number of aliphatic hydroxyl groups excluding tert-OH is 1. The number of rotatable bonds is 4. The lowest BCUT2D eigenvalue weighted by molar-refractivity contribution is 0.0907. The number of amides is 1. The maximum Gasteiger partial charge on any atom is 0.252 e. The van der Waals surface area contributed by atoms with Crippen molar-refractivity contribution < 1.29 is 19.4 Å². The van der Waals surface area contributed by atoms with Gasteiger partial charge in [0.2, 0.25) is 0 Å². The molecule has 1 heterocycles. The van der Waals surface area contributed by atoms with Gasteiger partial charge in [0.15, 0.2) is 0 Å². The fourth-order valence-electron chi connectivity index (χ4n) is 1.59. The third-order valence-corrected chi connectivity index (χ3v) is 3.25. The van der Waals surface area contributed by atoms with Gasteiger partial charge in [-0.2, -0.15) is 0 Å². The number of halogens is 1. The average molecular weight is 326 g/mol. The van der Waals surface area contributed by atoms with Gasteiger partial charge in [0, 0.05) is 5.56 Å². The van der Waals surface area contributed by atoms with E-state index in [1.807, 2.05) is 0 Å². The molecule has 0 radical (unpaired) electrons. The van der Waals surface area contributed by atoms with Crippen LogP contribution in [0.1, 0.15) is 22.2 Å². The van der Waals surface area contributed by atoms with Crippen LogP contribution in [0, 0.1) is 0 Å². The largest absolute Gasteiger partial charge is 0.507 e. The van der Waals surface area contributed by atoms with E-state index < -0.39 is 11.9 Å². The Hall–Kier alpha value is -1.79. The molecule has 3 N–H and O–H groups in total. The van der Waals surface area contributed by atoms with E-state index in [2.05, 4.69) is 21.2 Å². The molecule has 2 aromatic rings. The lowest BCUT2D eigenvalue weighted by atomic mass is 10.1. The maximum atomic E-state index is 12.0. The summed E-state index contributed by atoms with van der Waals surface area (Å²) in [5, 5.41) is 21.4. The smallest absolute Gasteiger partial charge is 0.252 e. The van der Waals surface area contributed by atoms with Gasteiger partial charge < -0.3 is 19.9 Å². The molecule has 1 aromatic heterocycles. The van der Waals surface area contributed by atoms with Gasteiger partial charge in [0.1, 0.15) is 17.6 Å². The molecular formula is C13H12BrNO4. The van der Waals surface area contributed by atoms with Crippen LogP contribution < -0.4 is 5.32 Å². The number of phenolic OH excluding ortho intramolecular Hbond substituents is 1. The molecule has 0 spiro atoms. The highest BCUT2D eigenvalue weighted by molar-refractivity contribution is 9.10. The van der Waals surface area contributed by atoms with Crippen molar-refractivity contribution in [3.8, 4) is 5.75 Å². The van der Waals surface area contributed by atoms with E-state index in [0.29, 0.717) is 15.8 Å². The SMILES string of the molecule is O=C(NC(CO)c1ccco1)c1ccc(Br)c(O)c1. The molecule has 19 heavy (non-hydrogen) atoms. The van der Waals surface area contributed by atoms with Crippen LogP contribution in [0.25, 0.3) is 0 Å². The summed E-state index contributed by atoms with van der Waals surface area (Å²) in [5.74, 6) is 0.0432. The summed E-state index contributed by atoms with van der Waals surface area (Å²) in [6, 6.07) is 7.21. The third kappa shape index (κ3) is 3.15. The number of furan rings is 1. The lowest BCUT2D eigenvalue weighted by Gasteiger charge is -2.14. The van der Waals surface area contributed by atoms with Crippen LogP contribution in [0.2, 0.25) is 0 Å². The first-order valence-corrected chi connectivity index (χ1v) is 6.34. The van der Waals surface area contributed by atoms with Crippen LogP contribution in [-0.2, 0) is 0 Å². The number of carbonyl (C=O) groups excluding carboxylic acids is 1. The van der Waals surface area contributed by atoms with E-state index in [9.17, 15) is 15.0 Å². The van der Waals surface area contributed by atoms with Gasteiger partial charge in [-0.3, -0.25) is 4.79 Å². The van der Waals surface area contributed by atoms with Crippen molar-refractivity contribution in [2.45, 2.75) is 6.04 Å². The second-order valence-corrected chi connectivity index (χ2v) is 4.74. The van der Waals surface area contributed by atoms with Gasteiger partial charge in [-0.05, 0) is 46.3 Å². The minimum absolute atomic E-state index is 0.0220. The van der Waals surface area contributed by atoms with Crippen molar-refractivity contribution in [1.82, 2.24) is 5.32 Å². The van der Waals surface area contributed by atoms with Crippen LogP contribution in [0.4, 0.5) is 0 Å². The number of carbonyl (C=O) groups is 1. The quantitative estimate of drug-likeness (QED) is 0.804. The average Bonchev–Trinajstić information content (AvgIpc) is 2.92. The first-order chi connectivity index (χ1) is 9.11. The molecule has 0 saturated heterocycles. The number of hydrogen-bond donors (Lipinski definition) is 3. The standard InChI is InChI=1S/C13H12BrNO4/c14-9-4-3-8(6-11(9)17)13(18)15-10(7-16)12-2-1-5-19-12/h1-6,10,16-17H,7H2,(H,15,18). The molecule has 6 heteroatoms. The molecule has 0 aliphatic heterocycles. The van der Waals surface area contributed by atoms with Crippen molar-refractivity contribution in [3.05, 3.63) is 52.4 Å². The molecule has 1 amide bonds. The Balaban J connectivity index is 2.13. The summed E-state index contributed by atoms with van der Waals surface area (Å²) in [4.78, 5) is 12.0. The number of hydrogen-bond acceptors (Lipinski definition) is 4. The second-order valence-electron chi connectivity index (χ2n) is 3.89. The highest BCUT2D eigenvalue weighted by atomic mass is 79.9. The van der Waals surface area contributed by atoms with E-state index in [-0.39, 0.29) is 12.4 Å². The van der Waals surface area contributed by atoms with Crippen molar-refractivity contribution >= 4 is 21.8 Å². The normalized spacial score (nSPS) is 12.1. The van der Waals surface area contributed by atoms with Crippen LogP contribution >= 0.6 is 15.9 Å². The van der Waals surface area contributed by atoms with E-state index >= 15 is 0 Å². The Morgan fingerprint density at radius 2 is 2.21 bits per heavy atom. The molecule has 0 fully saturated rings.